The quantitative estimate of drug-likeness (QED) is 0.524. The molecule has 0 spiro atoms. The number of hydrogen-bond acceptors (Lipinski definition) is 5. The monoisotopic (exact) mass is 422 g/mol. The summed E-state index contributed by atoms with van der Waals surface area (Å²) in [5.74, 6) is -0.686. The van der Waals surface area contributed by atoms with Crippen molar-refractivity contribution in [3.8, 4) is 0 Å². The fraction of sp³-hybridized carbons (Fsp3) is 0.417. The van der Waals surface area contributed by atoms with Crippen LogP contribution in [0.15, 0.2) is 42.6 Å². The van der Waals surface area contributed by atoms with Gasteiger partial charge in [-0.05, 0) is 38.3 Å². The maximum absolute atomic E-state index is 12.9. The molecule has 0 radical (unpaired) electrons. The number of carbonyl (C=O) groups is 2. The Kier molecular flexibility index (Phi) is 6.73. The van der Waals surface area contributed by atoms with Crippen LogP contribution in [0.1, 0.15) is 74.2 Å². The van der Waals surface area contributed by atoms with Gasteiger partial charge in [-0.25, -0.2) is 14.5 Å². The average molecular weight is 423 g/mol. The minimum Gasteiger partial charge on any atom is -0.452 e. The number of aromatic nitrogens is 3. The number of hydrogen-bond donors (Lipinski definition) is 0. The van der Waals surface area contributed by atoms with E-state index in [2.05, 4.69) is 5.10 Å². The van der Waals surface area contributed by atoms with Crippen LogP contribution in [-0.4, -0.2) is 45.2 Å². The molecule has 0 unspecified atom stereocenters. The number of carbonyl (C=O) groups excluding carboxylic acids is 2. The Labute approximate surface area is 183 Å². The topological polar surface area (TPSA) is 77.3 Å². The van der Waals surface area contributed by atoms with Crippen LogP contribution in [0.3, 0.4) is 0 Å². The summed E-state index contributed by atoms with van der Waals surface area (Å²) in [6, 6.07) is 11.4. The van der Waals surface area contributed by atoms with Gasteiger partial charge in [0.1, 0.15) is 0 Å². The first-order valence-corrected chi connectivity index (χ1v) is 10.6. The smallest absolute Gasteiger partial charge is 0.339 e. The zero-order valence-electron chi connectivity index (χ0n) is 19.0. The van der Waals surface area contributed by atoms with Crippen molar-refractivity contribution < 1.29 is 14.3 Å². The molecule has 0 fully saturated rings. The number of likely N-dealkylation sites (N-methyl/N-ethyl adjacent to an activating group) is 1. The third-order valence-electron chi connectivity index (χ3n) is 5.47. The van der Waals surface area contributed by atoms with Crippen molar-refractivity contribution in [1.82, 2.24) is 19.7 Å². The number of nitrogens with zero attached hydrogens (tertiary/aromatic N) is 4. The Morgan fingerprint density at radius 1 is 1.10 bits per heavy atom. The SMILES string of the molecule is CC(C)c1cc(C(=O)OCC(=O)N(C)[C@@H](C)c2ccccc2)c2cnn(C(C)C)c2n1. The molecule has 164 valence electrons. The van der Waals surface area contributed by atoms with Gasteiger partial charge in [-0.3, -0.25) is 4.79 Å². The number of pyridine rings is 1. The highest BCUT2D eigenvalue weighted by Crippen LogP contribution is 2.25. The number of amides is 1. The molecule has 0 N–H and O–H groups in total. The average Bonchev–Trinajstić information content (AvgIpc) is 3.20. The van der Waals surface area contributed by atoms with Gasteiger partial charge in [0.15, 0.2) is 12.3 Å². The molecule has 0 aliphatic carbocycles. The molecule has 2 heterocycles. The second-order valence-electron chi connectivity index (χ2n) is 8.34. The van der Waals surface area contributed by atoms with Crippen LogP contribution >= 0.6 is 0 Å². The highest BCUT2D eigenvalue weighted by molar-refractivity contribution is 6.03. The van der Waals surface area contributed by atoms with E-state index in [1.54, 1.807) is 28.9 Å². The summed E-state index contributed by atoms with van der Waals surface area (Å²) < 4.78 is 7.20. The molecule has 0 aliphatic heterocycles. The first kappa shape index (κ1) is 22.5. The zero-order valence-corrected chi connectivity index (χ0v) is 19.0. The Hall–Kier alpha value is -3.22. The number of rotatable bonds is 7. The number of benzene rings is 1. The molecule has 0 aliphatic rings. The van der Waals surface area contributed by atoms with Gasteiger partial charge >= 0.3 is 5.97 Å². The summed E-state index contributed by atoms with van der Waals surface area (Å²) in [5, 5.41) is 5.02. The zero-order chi connectivity index (χ0) is 22.7. The summed E-state index contributed by atoms with van der Waals surface area (Å²) >= 11 is 0. The Morgan fingerprint density at radius 2 is 1.77 bits per heavy atom. The van der Waals surface area contributed by atoms with E-state index in [1.807, 2.05) is 65.0 Å². The molecule has 7 nitrogen and oxygen atoms in total. The molecule has 0 saturated heterocycles. The number of esters is 1. The predicted octanol–water partition coefficient (Wildman–Crippen LogP) is 4.51. The van der Waals surface area contributed by atoms with Crippen molar-refractivity contribution in [1.29, 1.82) is 0 Å². The van der Waals surface area contributed by atoms with Gasteiger partial charge in [0.2, 0.25) is 0 Å². The van der Waals surface area contributed by atoms with Crippen LogP contribution < -0.4 is 0 Å². The second-order valence-corrected chi connectivity index (χ2v) is 8.34. The van der Waals surface area contributed by atoms with Crippen molar-refractivity contribution in [2.24, 2.45) is 0 Å². The second kappa shape index (κ2) is 9.29. The molecule has 31 heavy (non-hydrogen) atoms. The summed E-state index contributed by atoms with van der Waals surface area (Å²) in [7, 11) is 1.71. The van der Waals surface area contributed by atoms with Gasteiger partial charge in [0.25, 0.3) is 5.91 Å². The van der Waals surface area contributed by atoms with Crippen LogP contribution in [0.25, 0.3) is 11.0 Å². The van der Waals surface area contributed by atoms with E-state index in [0.29, 0.717) is 16.6 Å². The Balaban J connectivity index is 1.79. The lowest BCUT2D eigenvalue weighted by atomic mass is 10.1. The summed E-state index contributed by atoms with van der Waals surface area (Å²) in [6.07, 6.45) is 1.63. The van der Waals surface area contributed by atoms with E-state index >= 15 is 0 Å². The van der Waals surface area contributed by atoms with Crippen LogP contribution in [0.5, 0.6) is 0 Å². The summed E-state index contributed by atoms with van der Waals surface area (Å²) in [5.41, 5.74) is 2.83. The fourth-order valence-corrected chi connectivity index (χ4v) is 3.36. The lowest BCUT2D eigenvalue weighted by Gasteiger charge is -2.25. The lowest BCUT2D eigenvalue weighted by Crippen LogP contribution is -2.33. The van der Waals surface area contributed by atoms with Crippen LogP contribution in [0, 0.1) is 0 Å². The van der Waals surface area contributed by atoms with Gasteiger partial charge in [0.05, 0.1) is 23.2 Å². The van der Waals surface area contributed by atoms with Crippen molar-refractivity contribution in [2.75, 3.05) is 13.7 Å². The minimum atomic E-state index is -0.549. The molecule has 1 aromatic carbocycles. The molecule has 0 saturated carbocycles. The van der Waals surface area contributed by atoms with Crippen molar-refractivity contribution in [3.05, 3.63) is 59.4 Å². The van der Waals surface area contributed by atoms with Crippen LogP contribution in [-0.2, 0) is 9.53 Å². The van der Waals surface area contributed by atoms with Gasteiger partial charge in [-0.1, -0.05) is 44.2 Å². The molecule has 0 bridgehead atoms. The molecule has 2 aromatic heterocycles. The molecule has 3 rings (SSSR count). The standard InChI is InChI=1S/C24H30N4O3/c1-15(2)21-12-19(20-13-25-28(16(3)4)23(20)26-21)24(30)31-14-22(29)27(6)17(5)18-10-8-7-9-11-18/h7-13,15-17H,14H2,1-6H3/t17-/m0/s1. The molecular formula is C24H30N4O3. The Morgan fingerprint density at radius 3 is 2.39 bits per heavy atom. The van der Waals surface area contributed by atoms with Gasteiger partial charge in [-0.2, -0.15) is 5.10 Å². The normalized spacial score (nSPS) is 12.4. The number of ether oxygens (including phenoxy) is 1. The fourth-order valence-electron chi connectivity index (χ4n) is 3.36. The van der Waals surface area contributed by atoms with E-state index in [9.17, 15) is 9.59 Å². The highest BCUT2D eigenvalue weighted by Gasteiger charge is 2.22. The van der Waals surface area contributed by atoms with E-state index in [0.717, 1.165) is 11.3 Å². The van der Waals surface area contributed by atoms with Gasteiger partial charge < -0.3 is 9.64 Å². The molecule has 1 amide bonds. The van der Waals surface area contributed by atoms with E-state index in [1.165, 1.54) is 0 Å². The van der Waals surface area contributed by atoms with Crippen LogP contribution in [0.4, 0.5) is 0 Å². The molecule has 1 atom stereocenters. The summed E-state index contributed by atoms with van der Waals surface area (Å²) in [6.45, 7) is 9.67. The van der Waals surface area contributed by atoms with Crippen molar-refractivity contribution >= 4 is 22.9 Å². The van der Waals surface area contributed by atoms with Crippen molar-refractivity contribution in [3.63, 3.8) is 0 Å². The molecular weight excluding hydrogens is 392 g/mol. The maximum atomic E-state index is 12.9. The van der Waals surface area contributed by atoms with E-state index < -0.39 is 5.97 Å². The largest absolute Gasteiger partial charge is 0.452 e. The third kappa shape index (κ3) is 4.76. The predicted molar refractivity (Wildman–Crippen MR) is 120 cm³/mol. The van der Waals surface area contributed by atoms with E-state index in [4.69, 9.17) is 9.72 Å². The first-order chi connectivity index (χ1) is 14.7. The highest BCUT2D eigenvalue weighted by atomic mass is 16.5. The van der Waals surface area contributed by atoms with Crippen LogP contribution in [0.2, 0.25) is 0 Å². The Bertz CT molecular complexity index is 1070. The van der Waals surface area contributed by atoms with Gasteiger partial charge in [0, 0.05) is 18.8 Å². The maximum Gasteiger partial charge on any atom is 0.339 e. The molecule has 3 aromatic rings. The third-order valence-corrected chi connectivity index (χ3v) is 5.47. The molecule has 7 heteroatoms. The first-order valence-electron chi connectivity index (χ1n) is 10.6. The lowest BCUT2D eigenvalue weighted by molar-refractivity contribution is -0.135. The van der Waals surface area contributed by atoms with E-state index in [-0.39, 0.29) is 30.5 Å². The van der Waals surface area contributed by atoms with Gasteiger partial charge in [-0.15, -0.1) is 0 Å². The van der Waals surface area contributed by atoms with Crippen molar-refractivity contribution in [2.45, 2.75) is 52.6 Å². The minimum absolute atomic E-state index is 0.103. The summed E-state index contributed by atoms with van der Waals surface area (Å²) in [4.78, 5) is 31.8. The number of fused-ring (bicyclic) bond motifs is 1.